The van der Waals surface area contributed by atoms with Crippen molar-refractivity contribution in [3.8, 4) is 0 Å². The summed E-state index contributed by atoms with van der Waals surface area (Å²) in [7, 11) is 0. The maximum Gasteiger partial charge on any atom is 0.126 e. The van der Waals surface area contributed by atoms with Crippen LogP contribution < -0.4 is 5.32 Å². The van der Waals surface area contributed by atoms with Crippen LogP contribution in [0.1, 0.15) is 29.7 Å². The fourth-order valence-electron chi connectivity index (χ4n) is 1.74. The molecule has 1 aromatic carbocycles. The van der Waals surface area contributed by atoms with Gasteiger partial charge in [0.1, 0.15) is 11.6 Å². The molecule has 1 atom stereocenters. The van der Waals surface area contributed by atoms with Crippen LogP contribution in [0.2, 0.25) is 0 Å². The third-order valence-electron chi connectivity index (χ3n) is 2.97. The molecule has 0 aliphatic carbocycles. The molecule has 94 valence electrons. The van der Waals surface area contributed by atoms with Crippen LogP contribution in [-0.4, -0.2) is 4.98 Å². The topological polar surface area (TPSA) is 24.9 Å². The van der Waals surface area contributed by atoms with Crippen molar-refractivity contribution in [3.05, 3.63) is 59.0 Å². The first kappa shape index (κ1) is 12.6. The number of benzene rings is 1. The Morgan fingerprint density at radius 1 is 1.17 bits per heavy atom. The van der Waals surface area contributed by atoms with Crippen molar-refractivity contribution in [2.75, 3.05) is 5.32 Å². The molecule has 2 rings (SSSR count). The van der Waals surface area contributed by atoms with Crippen LogP contribution in [0.25, 0.3) is 0 Å². The summed E-state index contributed by atoms with van der Waals surface area (Å²) in [6, 6.07) is 9.25. The van der Waals surface area contributed by atoms with Crippen molar-refractivity contribution in [2.45, 2.75) is 26.8 Å². The van der Waals surface area contributed by atoms with Crippen LogP contribution in [0.3, 0.4) is 0 Å². The van der Waals surface area contributed by atoms with Gasteiger partial charge in [-0.15, -0.1) is 0 Å². The molecule has 0 radical (unpaired) electrons. The summed E-state index contributed by atoms with van der Waals surface area (Å²) >= 11 is 0. The zero-order valence-electron chi connectivity index (χ0n) is 10.9. The van der Waals surface area contributed by atoms with Crippen molar-refractivity contribution < 1.29 is 4.39 Å². The van der Waals surface area contributed by atoms with Crippen molar-refractivity contribution in [1.29, 1.82) is 0 Å². The van der Waals surface area contributed by atoms with E-state index in [-0.39, 0.29) is 11.9 Å². The Bertz CT molecular complexity index is 535. The molecular formula is C15H17FN2. The van der Waals surface area contributed by atoms with E-state index in [4.69, 9.17) is 0 Å². The zero-order chi connectivity index (χ0) is 13.1. The van der Waals surface area contributed by atoms with Gasteiger partial charge in [-0.05, 0) is 49.6 Å². The van der Waals surface area contributed by atoms with E-state index in [1.165, 1.54) is 0 Å². The second-order valence-corrected chi connectivity index (χ2v) is 4.60. The lowest BCUT2D eigenvalue weighted by atomic mass is 10.1. The van der Waals surface area contributed by atoms with Crippen LogP contribution >= 0.6 is 0 Å². The molecule has 3 heteroatoms. The Kier molecular flexibility index (Phi) is 3.60. The smallest absolute Gasteiger partial charge is 0.126 e. The Balaban J connectivity index is 2.13. The standard InChI is InChI=1S/C15H17FN2/c1-10-4-7-15(17-9-10)18-12(3)13-6-5-11(2)14(16)8-13/h4-9,12H,1-3H3,(H,17,18). The first-order valence-electron chi connectivity index (χ1n) is 6.01. The van der Waals surface area contributed by atoms with E-state index in [9.17, 15) is 4.39 Å². The number of aryl methyl sites for hydroxylation is 2. The van der Waals surface area contributed by atoms with Crippen LogP contribution in [-0.2, 0) is 0 Å². The van der Waals surface area contributed by atoms with Crippen LogP contribution in [0.15, 0.2) is 36.5 Å². The molecule has 1 N–H and O–H groups in total. The second kappa shape index (κ2) is 5.17. The van der Waals surface area contributed by atoms with Gasteiger partial charge in [0.05, 0.1) is 6.04 Å². The molecule has 0 aliphatic rings. The minimum absolute atomic E-state index is 0.0234. The number of hydrogen-bond acceptors (Lipinski definition) is 2. The highest BCUT2D eigenvalue weighted by molar-refractivity contribution is 5.39. The number of rotatable bonds is 3. The van der Waals surface area contributed by atoms with Crippen LogP contribution in [0.5, 0.6) is 0 Å². The SMILES string of the molecule is Cc1ccc(NC(C)c2ccc(C)c(F)c2)nc1. The molecule has 18 heavy (non-hydrogen) atoms. The minimum Gasteiger partial charge on any atom is -0.364 e. The van der Waals surface area contributed by atoms with E-state index < -0.39 is 0 Å². The zero-order valence-corrected chi connectivity index (χ0v) is 10.9. The predicted octanol–water partition coefficient (Wildman–Crippen LogP) is 4.01. The number of aromatic nitrogens is 1. The third-order valence-corrected chi connectivity index (χ3v) is 2.97. The van der Waals surface area contributed by atoms with Gasteiger partial charge in [-0.3, -0.25) is 0 Å². The monoisotopic (exact) mass is 244 g/mol. The molecule has 0 aliphatic heterocycles. The number of nitrogens with one attached hydrogen (secondary N) is 1. The second-order valence-electron chi connectivity index (χ2n) is 4.60. The number of anilines is 1. The van der Waals surface area contributed by atoms with E-state index in [1.54, 1.807) is 19.1 Å². The fourth-order valence-corrected chi connectivity index (χ4v) is 1.74. The highest BCUT2D eigenvalue weighted by Gasteiger charge is 2.08. The normalized spacial score (nSPS) is 12.2. The Hall–Kier alpha value is -1.90. The highest BCUT2D eigenvalue weighted by Crippen LogP contribution is 2.20. The third kappa shape index (κ3) is 2.86. The van der Waals surface area contributed by atoms with Gasteiger partial charge >= 0.3 is 0 Å². The summed E-state index contributed by atoms with van der Waals surface area (Å²) in [5, 5.41) is 3.25. The number of halogens is 1. The largest absolute Gasteiger partial charge is 0.364 e. The first-order chi connectivity index (χ1) is 8.56. The average Bonchev–Trinajstić information content (AvgIpc) is 2.35. The van der Waals surface area contributed by atoms with E-state index in [1.807, 2.05) is 38.2 Å². The number of nitrogens with zero attached hydrogens (tertiary/aromatic N) is 1. The van der Waals surface area contributed by atoms with Gasteiger partial charge in [-0.1, -0.05) is 18.2 Å². The molecule has 0 fully saturated rings. The van der Waals surface area contributed by atoms with Gasteiger partial charge in [0.25, 0.3) is 0 Å². The van der Waals surface area contributed by atoms with E-state index in [0.717, 1.165) is 16.9 Å². The summed E-state index contributed by atoms with van der Waals surface area (Å²) in [6.07, 6.45) is 1.81. The first-order valence-corrected chi connectivity index (χ1v) is 6.01. The van der Waals surface area contributed by atoms with Crippen molar-refractivity contribution in [1.82, 2.24) is 4.98 Å². The summed E-state index contributed by atoms with van der Waals surface area (Å²) < 4.78 is 13.5. The van der Waals surface area contributed by atoms with E-state index in [0.29, 0.717) is 5.56 Å². The number of hydrogen-bond donors (Lipinski definition) is 1. The van der Waals surface area contributed by atoms with Gasteiger partial charge in [0, 0.05) is 6.20 Å². The highest BCUT2D eigenvalue weighted by atomic mass is 19.1. The van der Waals surface area contributed by atoms with Crippen molar-refractivity contribution >= 4 is 5.82 Å². The lowest BCUT2D eigenvalue weighted by Gasteiger charge is -2.15. The molecule has 1 aromatic heterocycles. The molecule has 2 nitrogen and oxygen atoms in total. The molecular weight excluding hydrogens is 227 g/mol. The van der Waals surface area contributed by atoms with Gasteiger partial charge < -0.3 is 5.32 Å². The Morgan fingerprint density at radius 2 is 1.94 bits per heavy atom. The van der Waals surface area contributed by atoms with Gasteiger partial charge in [-0.2, -0.15) is 0 Å². The molecule has 0 amide bonds. The summed E-state index contributed by atoms with van der Waals surface area (Å²) in [6.45, 7) is 5.75. The molecule has 1 heterocycles. The molecule has 0 saturated carbocycles. The van der Waals surface area contributed by atoms with Gasteiger partial charge in [0.2, 0.25) is 0 Å². The lowest BCUT2D eigenvalue weighted by molar-refractivity contribution is 0.614. The molecule has 1 unspecified atom stereocenters. The molecule has 0 spiro atoms. The molecule has 0 saturated heterocycles. The molecule has 2 aromatic rings. The summed E-state index contributed by atoms with van der Waals surface area (Å²) in [4.78, 5) is 4.28. The van der Waals surface area contributed by atoms with E-state index >= 15 is 0 Å². The summed E-state index contributed by atoms with van der Waals surface area (Å²) in [5.41, 5.74) is 2.70. The quantitative estimate of drug-likeness (QED) is 0.882. The Labute approximate surface area is 107 Å². The minimum atomic E-state index is -0.169. The van der Waals surface area contributed by atoms with Gasteiger partial charge in [-0.25, -0.2) is 9.37 Å². The van der Waals surface area contributed by atoms with Crippen molar-refractivity contribution in [3.63, 3.8) is 0 Å². The molecule has 0 bridgehead atoms. The van der Waals surface area contributed by atoms with E-state index in [2.05, 4.69) is 10.3 Å². The maximum absolute atomic E-state index is 13.5. The van der Waals surface area contributed by atoms with Crippen molar-refractivity contribution in [2.24, 2.45) is 0 Å². The van der Waals surface area contributed by atoms with Crippen LogP contribution in [0, 0.1) is 19.7 Å². The van der Waals surface area contributed by atoms with Gasteiger partial charge in [0.15, 0.2) is 0 Å². The Morgan fingerprint density at radius 3 is 2.56 bits per heavy atom. The fraction of sp³-hybridized carbons (Fsp3) is 0.267. The predicted molar refractivity (Wildman–Crippen MR) is 72.1 cm³/mol. The maximum atomic E-state index is 13.5. The lowest BCUT2D eigenvalue weighted by Crippen LogP contribution is -2.08. The van der Waals surface area contributed by atoms with Crippen LogP contribution in [0.4, 0.5) is 10.2 Å². The number of pyridine rings is 1. The average molecular weight is 244 g/mol. The summed E-state index contributed by atoms with van der Waals surface area (Å²) in [5.74, 6) is 0.632.